The fraction of sp³-hybridized carbons (Fsp3) is 0.364. The lowest BCUT2D eigenvalue weighted by molar-refractivity contribution is -0.121. The number of piperazine rings is 1. The lowest BCUT2D eigenvalue weighted by Crippen LogP contribution is -2.54. The Morgan fingerprint density at radius 2 is 1.66 bits per heavy atom. The highest BCUT2D eigenvalue weighted by molar-refractivity contribution is 6.30. The van der Waals surface area contributed by atoms with E-state index in [0.717, 1.165) is 11.4 Å². The summed E-state index contributed by atoms with van der Waals surface area (Å²) in [6.45, 7) is 6.90. The number of hydrogen-bond donors (Lipinski definition) is 1. The molecule has 1 atom stereocenters. The Bertz CT molecular complexity index is 831. The molecule has 7 heteroatoms. The van der Waals surface area contributed by atoms with E-state index in [1.54, 1.807) is 24.3 Å². The third-order valence-electron chi connectivity index (χ3n) is 5.05. The molecule has 2 aromatic carbocycles. The van der Waals surface area contributed by atoms with Crippen LogP contribution in [0.25, 0.3) is 0 Å². The standard InChI is InChI=1S/C22H26ClN3O3/c1-3-29-20-10-8-19(9-11-20)24-21(27)16(2)25-12-14-26(15-13-25)22(28)17-4-6-18(23)7-5-17/h4-11,16H,3,12-15H2,1-2H3,(H,24,27). The molecular weight excluding hydrogens is 390 g/mol. The van der Waals surface area contributed by atoms with Gasteiger partial charge in [-0.3, -0.25) is 14.5 Å². The number of benzene rings is 2. The van der Waals surface area contributed by atoms with Gasteiger partial charge in [0.2, 0.25) is 5.91 Å². The van der Waals surface area contributed by atoms with Gasteiger partial charge in [0.25, 0.3) is 5.91 Å². The molecule has 0 saturated carbocycles. The third-order valence-corrected chi connectivity index (χ3v) is 5.30. The van der Waals surface area contributed by atoms with Crippen LogP contribution in [0.15, 0.2) is 48.5 Å². The number of rotatable bonds is 6. The first kappa shape index (κ1) is 21.1. The van der Waals surface area contributed by atoms with Crippen molar-refractivity contribution in [3.8, 4) is 5.75 Å². The first-order chi connectivity index (χ1) is 14.0. The quantitative estimate of drug-likeness (QED) is 0.784. The van der Waals surface area contributed by atoms with Crippen LogP contribution in [0.5, 0.6) is 5.75 Å². The van der Waals surface area contributed by atoms with Gasteiger partial charge in [0.05, 0.1) is 12.6 Å². The van der Waals surface area contributed by atoms with Crippen LogP contribution < -0.4 is 10.1 Å². The van der Waals surface area contributed by atoms with E-state index in [0.29, 0.717) is 43.4 Å². The van der Waals surface area contributed by atoms with Crippen LogP contribution in [0, 0.1) is 0 Å². The number of ether oxygens (including phenoxy) is 1. The molecule has 29 heavy (non-hydrogen) atoms. The number of amides is 2. The first-order valence-corrected chi connectivity index (χ1v) is 10.2. The molecule has 1 saturated heterocycles. The minimum absolute atomic E-state index is 0.00666. The maximum absolute atomic E-state index is 12.6. The summed E-state index contributed by atoms with van der Waals surface area (Å²) in [7, 11) is 0. The van der Waals surface area contributed by atoms with Crippen LogP contribution in [0.2, 0.25) is 5.02 Å². The Morgan fingerprint density at radius 3 is 2.24 bits per heavy atom. The van der Waals surface area contributed by atoms with Crippen molar-refractivity contribution in [1.29, 1.82) is 0 Å². The molecule has 2 aromatic rings. The fourth-order valence-corrected chi connectivity index (χ4v) is 3.43. The SMILES string of the molecule is CCOc1ccc(NC(=O)C(C)N2CCN(C(=O)c3ccc(Cl)cc3)CC2)cc1. The van der Waals surface area contributed by atoms with Crippen molar-refractivity contribution in [3.05, 3.63) is 59.1 Å². The van der Waals surface area contributed by atoms with E-state index in [9.17, 15) is 9.59 Å². The summed E-state index contributed by atoms with van der Waals surface area (Å²) in [5.41, 5.74) is 1.37. The maximum atomic E-state index is 12.6. The van der Waals surface area contributed by atoms with Gasteiger partial charge in [0, 0.05) is 42.5 Å². The molecule has 0 bridgehead atoms. The summed E-state index contributed by atoms with van der Waals surface area (Å²) in [6, 6.07) is 14.0. The minimum Gasteiger partial charge on any atom is -0.494 e. The molecule has 0 aliphatic carbocycles. The molecular formula is C22H26ClN3O3. The molecule has 6 nitrogen and oxygen atoms in total. The number of carbonyl (C=O) groups is 2. The predicted molar refractivity (Wildman–Crippen MR) is 115 cm³/mol. The van der Waals surface area contributed by atoms with E-state index in [1.165, 1.54) is 0 Å². The van der Waals surface area contributed by atoms with E-state index < -0.39 is 0 Å². The average Bonchev–Trinajstić information content (AvgIpc) is 2.75. The first-order valence-electron chi connectivity index (χ1n) is 9.80. The van der Waals surface area contributed by atoms with Crippen LogP contribution in [-0.2, 0) is 4.79 Å². The van der Waals surface area contributed by atoms with E-state index in [4.69, 9.17) is 16.3 Å². The predicted octanol–water partition coefficient (Wildman–Crippen LogP) is 3.52. The molecule has 1 N–H and O–H groups in total. The molecule has 0 spiro atoms. The summed E-state index contributed by atoms with van der Waals surface area (Å²) < 4.78 is 5.42. The highest BCUT2D eigenvalue weighted by Gasteiger charge is 2.28. The van der Waals surface area contributed by atoms with Gasteiger partial charge in [-0.15, -0.1) is 0 Å². The van der Waals surface area contributed by atoms with E-state index in [1.807, 2.05) is 43.0 Å². The summed E-state index contributed by atoms with van der Waals surface area (Å²) >= 11 is 5.89. The largest absolute Gasteiger partial charge is 0.494 e. The molecule has 3 rings (SSSR count). The van der Waals surface area contributed by atoms with Crippen LogP contribution in [-0.4, -0.2) is 60.4 Å². The zero-order valence-electron chi connectivity index (χ0n) is 16.7. The summed E-state index contributed by atoms with van der Waals surface area (Å²) in [4.78, 5) is 29.1. The molecule has 1 aliphatic heterocycles. The number of nitrogens with one attached hydrogen (secondary N) is 1. The van der Waals surface area contributed by atoms with E-state index in [-0.39, 0.29) is 17.9 Å². The molecule has 1 aliphatic rings. The second-order valence-electron chi connectivity index (χ2n) is 6.96. The zero-order valence-corrected chi connectivity index (χ0v) is 17.5. The smallest absolute Gasteiger partial charge is 0.253 e. The van der Waals surface area contributed by atoms with Gasteiger partial charge in [-0.1, -0.05) is 11.6 Å². The molecule has 1 fully saturated rings. The summed E-state index contributed by atoms with van der Waals surface area (Å²) in [6.07, 6.45) is 0. The number of nitrogens with zero attached hydrogens (tertiary/aromatic N) is 2. The Balaban J connectivity index is 1.51. The average molecular weight is 416 g/mol. The maximum Gasteiger partial charge on any atom is 0.253 e. The monoisotopic (exact) mass is 415 g/mol. The lowest BCUT2D eigenvalue weighted by atomic mass is 10.1. The third kappa shape index (κ3) is 5.49. The molecule has 1 unspecified atom stereocenters. The van der Waals surface area contributed by atoms with Crippen molar-refractivity contribution < 1.29 is 14.3 Å². The van der Waals surface area contributed by atoms with Crippen molar-refractivity contribution in [2.24, 2.45) is 0 Å². The Labute approximate surface area is 176 Å². The number of hydrogen-bond acceptors (Lipinski definition) is 4. The molecule has 0 radical (unpaired) electrons. The fourth-order valence-electron chi connectivity index (χ4n) is 3.30. The molecule has 1 heterocycles. The van der Waals surface area contributed by atoms with Gasteiger partial charge in [-0.25, -0.2) is 0 Å². The second kappa shape index (κ2) is 9.76. The van der Waals surface area contributed by atoms with Crippen LogP contribution in [0.1, 0.15) is 24.2 Å². The van der Waals surface area contributed by atoms with Crippen molar-refractivity contribution in [2.75, 3.05) is 38.1 Å². The van der Waals surface area contributed by atoms with Crippen molar-refractivity contribution in [3.63, 3.8) is 0 Å². The van der Waals surface area contributed by atoms with Crippen molar-refractivity contribution >= 4 is 29.1 Å². The molecule has 2 amide bonds. The van der Waals surface area contributed by atoms with E-state index in [2.05, 4.69) is 10.2 Å². The van der Waals surface area contributed by atoms with Gasteiger partial charge >= 0.3 is 0 Å². The van der Waals surface area contributed by atoms with Crippen LogP contribution >= 0.6 is 11.6 Å². The lowest BCUT2D eigenvalue weighted by Gasteiger charge is -2.37. The molecule has 154 valence electrons. The topological polar surface area (TPSA) is 61.9 Å². The zero-order chi connectivity index (χ0) is 20.8. The number of anilines is 1. The van der Waals surface area contributed by atoms with Gasteiger partial charge in [-0.05, 0) is 62.4 Å². The number of halogens is 1. The van der Waals surface area contributed by atoms with Gasteiger partial charge in [-0.2, -0.15) is 0 Å². The summed E-state index contributed by atoms with van der Waals surface area (Å²) in [5.74, 6) is 0.708. The van der Waals surface area contributed by atoms with Crippen LogP contribution in [0.4, 0.5) is 5.69 Å². The van der Waals surface area contributed by atoms with E-state index >= 15 is 0 Å². The van der Waals surface area contributed by atoms with Gasteiger partial charge in [0.1, 0.15) is 5.75 Å². The van der Waals surface area contributed by atoms with Crippen molar-refractivity contribution in [2.45, 2.75) is 19.9 Å². The summed E-state index contributed by atoms with van der Waals surface area (Å²) in [5, 5.41) is 3.55. The second-order valence-corrected chi connectivity index (χ2v) is 7.39. The van der Waals surface area contributed by atoms with Gasteiger partial charge < -0.3 is 15.0 Å². The van der Waals surface area contributed by atoms with Gasteiger partial charge in [0.15, 0.2) is 0 Å². The molecule has 0 aromatic heterocycles. The minimum atomic E-state index is -0.283. The number of carbonyl (C=O) groups excluding carboxylic acids is 2. The normalized spacial score (nSPS) is 15.6. The Morgan fingerprint density at radius 1 is 1.03 bits per heavy atom. The Kier molecular flexibility index (Phi) is 7.12. The van der Waals surface area contributed by atoms with Crippen LogP contribution in [0.3, 0.4) is 0 Å². The van der Waals surface area contributed by atoms with Crippen molar-refractivity contribution in [1.82, 2.24) is 9.80 Å². The highest BCUT2D eigenvalue weighted by atomic mass is 35.5. The highest BCUT2D eigenvalue weighted by Crippen LogP contribution is 2.17. The Hall–Kier alpha value is -2.57.